The molecule has 0 spiro atoms. The molecule has 1 aliphatic heterocycles. The SMILES string of the molecule is Cc1cnc(CNC2COc3cc(O)ccc32)s1. The minimum absolute atomic E-state index is 0.171. The maximum Gasteiger partial charge on any atom is 0.127 e. The molecule has 2 heterocycles. The van der Waals surface area contributed by atoms with Gasteiger partial charge in [0.15, 0.2) is 0 Å². The number of thiazole rings is 1. The van der Waals surface area contributed by atoms with Gasteiger partial charge in [-0.05, 0) is 19.1 Å². The van der Waals surface area contributed by atoms with Gasteiger partial charge in [0.05, 0.1) is 6.04 Å². The van der Waals surface area contributed by atoms with Crippen LogP contribution in [0.15, 0.2) is 24.4 Å². The number of aromatic hydroxyl groups is 1. The van der Waals surface area contributed by atoms with Crippen LogP contribution in [0.2, 0.25) is 0 Å². The number of hydrogen-bond acceptors (Lipinski definition) is 5. The Bertz CT molecular complexity index is 568. The maximum absolute atomic E-state index is 9.38. The molecule has 0 amide bonds. The molecule has 5 heteroatoms. The monoisotopic (exact) mass is 262 g/mol. The maximum atomic E-state index is 9.38. The van der Waals surface area contributed by atoms with Gasteiger partial charge in [-0.15, -0.1) is 11.3 Å². The topological polar surface area (TPSA) is 54.4 Å². The number of ether oxygens (including phenoxy) is 1. The predicted molar refractivity (Wildman–Crippen MR) is 70.0 cm³/mol. The van der Waals surface area contributed by atoms with Crippen LogP contribution in [-0.2, 0) is 6.54 Å². The van der Waals surface area contributed by atoms with Gasteiger partial charge in [0.25, 0.3) is 0 Å². The number of nitrogens with zero attached hydrogens (tertiary/aromatic N) is 1. The zero-order valence-electron chi connectivity index (χ0n) is 10.0. The highest BCUT2D eigenvalue weighted by Crippen LogP contribution is 2.34. The molecule has 1 unspecified atom stereocenters. The van der Waals surface area contributed by atoms with Gasteiger partial charge in [-0.3, -0.25) is 0 Å². The van der Waals surface area contributed by atoms with E-state index >= 15 is 0 Å². The summed E-state index contributed by atoms with van der Waals surface area (Å²) < 4.78 is 5.55. The van der Waals surface area contributed by atoms with Gasteiger partial charge >= 0.3 is 0 Å². The van der Waals surface area contributed by atoms with E-state index < -0.39 is 0 Å². The van der Waals surface area contributed by atoms with Crippen LogP contribution in [0.5, 0.6) is 11.5 Å². The molecule has 2 aromatic rings. The fraction of sp³-hybridized carbons (Fsp3) is 0.308. The zero-order valence-corrected chi connectivity index (χ0v) is 10.8. The van der Waals surface area contributed by atoms with Crippen molar-refractivity contribution < 1.29 is 9.84 Å². The lowest BCUT2D eigenvalue weighted by Crippen LogP contribution is -2.21. The van der Waals surface area contributed by atoms with E-state index in [9.17, 15) is 5.11 Å². The molecular formula is C13H14N2O2S. The van der Waals surface area contributed by atoms with Crippen LogP contribution in [0.4, 0.5) is 0 Å². The number of phenolic OH excluding ortho intramolecular Hbond substituents is 1. The van der Waals surface area contributed by atoms with Crippen molar-refractivity contribution in [2.75, 3.05) is 6.61 Å². The average Bonchev–Trinajstić information content (AvgIpc) is 2.92. The van der Waals surface area contributed by atoms with Crippen molar-refractivity contribution in [3.8, 4) is 11.5 Å². The number of aryl methyl sites for hydroxylation is 1. The predicted octanol–water partition coefficient (Wildman–Crippen LogP) is 2.38. The van der Waals surface area contributed by atoms with E-state index in [1.54, 1.807) is 23.5 Å². The minimum atomic E-state index is 0.171. The fourth-order valence-corrected chi connectivity index (χ4v) is 2.80. The van der Waals surface area contributed by atoms with Gasteiger partial charge in [0, 0.05) is 29.2 Å². The molecule has 18 heavy (non-hydrogen) atoms. The summed E-state index contributed by atoms with van der Waals surface area (Å²) in [6, 6.07) is 5.42. The number of rotatable bonds is 3. The lowest BCUT2D eigenvalue weighted by molar-refractivity contribution is 0.309. The van der Waals surface area contributed by atoms with Crippen molar-refractivity contribution in [3.05, 3.63) is 39.8 Å². The van der Waals surface area contributed by atoms with Gasteiger partial charge in [-0.2, -0.15) is 0 Å². The second-order valence-electron chi connectivity index (χ2n) is 4.33. The summed E-state index contributed by atoms with van der Waals surface area (Å²) >= 11 is 1.70. The standard InChI is InChI=1S/C13H14N2O2S/c1-8-5-15-13(18-8)6-14-11-7-17-12-4-9(16)2-3-10(11)12/h2-5,11,14,16H,6-7H2,1H3. The first-order valence-corrected chi connectivity index (χ1v) is 6.64. The molecule has 0 saturated carbocycles. The highest BCUT2D eigenvalue weighted by atomic mass is 32.1. The molecule has 94 valence electrons. The first kappa shape index (κ1) is 11.5. The highest BCUT2D eigenvalue weighted by molar-refractivity contribution is 7.11. The lowest BCUT2D eigenvalue weighted by Gasteiger charge is -2.09. The van der Waals surface area contributed by atoms with Gasteiger partial charge in [0.2, 0.25) is 0 Å². The van der Waals surface area contributed by atoms with Gasteiger partial charge in [0.1, 0.15) is 23.1 Å². The normalized spacial score (nSPS) is 17.5. The Kier molecular flexibility index (Phi) is 2.93. The number of benzene rings is 1. The first-order valence-electron chi connectivity index (χ1n) is 5.83. The van der Waals surface area contributed by atoms with Crippen LogP contribution < -0.4 is 10.1 Å². The average molecular weight is 262 g/mol. The third-order valence-electron chi connectivity index (χ3n) is 2.95. The fourth-order valence-electron chi connectivity index (χ4n) is 2.06. The summed E-state index contributed by atoms with van der Waals surface area (Å²) in [4.78, 5) is 5.54. The Morgan fingerprint density at radius 3 is 3.22 bits per heavy atom. The second kappa shape index (κ2) is 4.59. The van der Waals surface area contributed by atoms with E-state index in [-0.39, 0.29) is 11.8 Å². The van der Waals surface area contributed by atoms with Crippen LogP contribution >= 0.6 is 11.3 Å². The molecule has 1 aromatic heterocycles. The van der Waals surface area contributed by atoms with Crippen LogP contribution in [0.3, 0.4) is 0 Å². The molecule has 0 aliphatic carbocycles. The van der Waals surface area contributed by atoms with E-state index in [2.05, 4.69) is 17.2 Å². The summed E-state index contributed by atoms with van der Waals surface area (Å²) in [6.07, 6.45) is 1.89. The molecule has 4 nitrogen and oxygen atoms in total. The lowest BCUT2D eigenvalue weighted by atomic mass is 10.1. The Morgan fingerprint density at radius 2 is 2.44 bits per heavy atom. The van der Waals surface area contributed by atoms with E-state index in [0.29, 0.717) is 6.61 Å². The summed E-state index contributed by atoms with van der Waals surface area (Å²) in [6.45, 7) is 3.40. The number of hydrogen-bond donors (Lipinski definition) is 2. The summed E-state index contributed by atoms with van der Waals surface area (Å²) in [5.74, 6) is 1.01. The van der Waals surface area contributed by atoms with Gasteiger partial charge in [-0.1, -0.05) is 0 Å². The first-order chi connectivity index (χ1) is 8.72. The Balaban J connectivity index is 1.69. The molecule has 1 atom stereocenters. The molecule has 2 N–H and O–H groups in total. The Hall–Kier alpha value is -1.59. The van der Waals surface area contributed by atoms with Crippen LogP contribution in [-0.4, -0.2) is 16.7 Å². The summed E-state index contributed by atoms with van der Waals surface area (Å²) in [5, 5.41) is 13.9. The highest BCUT2D eigenvalue weighted by Gasteiger charge is 2.24. The van der Waals surface area contributed by atoms with E-state index in [1.165, 1.54) is 4.88 Å². The van der Waals surface area contributed by atoms with E-state index in [0.717, 1.165) is 22.9 Å². The summed E-state index contributed by atoms with van der Waals surface area (Å²) in [5.41, 5.74) is 1.10. The van der Waals surface area contributed by atoms with E-state index in [1.807, 2.05) is 12.3 Å². The third-order valence-corrected chi connectivity index (χ3v) is 3.86. The largest absolute Gasteiger partial charge is 0.508 e. The van der Waals surface area contributed by atoms with Gasteiger partial charge < -0.3 is 15.2 Å². The van der Waals surface area contributed by atoms with Crippen molar-refractivity contribution in [1.82, 2.24) is 10.3 Å². The number of aromatic nitrogens is 1. The molecule has 1 aromatic carbocycles. The van der Waals surface area contributed by atoms with Crippen LogP contribution in [0, 0.1) is 6.92 Å². The van der Waals surface area contributed by atoms with Crippen molar-refractivity contribution >= 4 is 11.3 Å². The number of nitrogens with one attached hydrogen (secondary N) is 1. The zero-order chi connectivity index (χ0) is 12.5. The smallest absolute Gasteiger partial charge is 0.127 e. The molecule has 0 radical (unpaired) electrons. The number of phenols is 1. The molecule has 3 rings (SSSR count). The Labute approximate surface area is 109 Å². The van der Waals surface area contributed by atoms with Crippen LogP contribution in [0.25, 0.3) is 0 Å². The summed E-state index contributed by atoms with van der Waals surface area (Å²) in [7, 11) is 0. The van der Waals surface area contributed by atoms with Crippen molar-refractivity contribution in [2.45, 2.75) is 19.5 Å². The van der Waals surface area contributed by atoms with Crippen molar-refractivity contribution in [2.24, 2.45) is 0 Å². The third kappa shape index (κ3) is 2.19. The van der Waals surface area contributed by atoms with Crippen molar-refractivity contribution in [1.29, 1.82) is 0 Å². The second-order valence-corrected chi connectivity index (χ2v) is 5.65. The molecule has 0 bridgehead atoms. The van der Waals surface area contributed by atoms with Gasteiger partial charge in [-0.25, -0.2) is 4.98 Å². The van der Waals surface area contributed by atoms with Crippen LogP contribution in [0.1, 0.15) is 21.5 Å². The quantitative estimate of drug-likeness (QED) is 0.891. The Morgan fingerprint density at radius 1 is 1.56 bits per heavy atom. The molecule has 0 saturated heterocycles. The van der Waals surface area contributed by atoms with Crippen molar-refractivity contribution in [3.63, 3.8) is 0 Å². The van der Waals surface area contributed by atoms with E-state index in [4.69, 9.17) is 4.74 Å². The minimum Gasteiger partial charge on any atom is -0.508 e. The molecule has 0 fully saturated rings. The molecule has 1 aliphatic rings. The number of fused-ring (bicyclic) bond motifs is 1. The molecular weight excluding hydrogens is 248 g/mol.